The van der Waals surface area contributed by atoms with Crippen molar-refractivity contribution in [2.75, 3.05) is 13.6 Å². The Hall–Kier alpha value is -0.740. The van der Waals surface area contributed by atoms with Crippen LogP contribution in [-0.2, 0) is 9.59 Å². The summed E-state index contributed by atoms with van der Waals surface area (Å²) in [7, 11) is 1.83. The number of likely N-dealkylation sites (N-methyl/N-ethyl adjacent to an activating group) is 1. The van der Waals surface area contributed by atoms with E-state index in [0.717, 1.165) is 12.8 Å². The average molecular weight is 298 g/mol. The standard InChI is InChI=1S/C17H34N2O2/c1-8-12(2)16(18-7)15(21)9-10-19-14(13(3)20)11-17(4,5)6/h12,14,16,18-19H,8-11H2,1-7H3/t12?,14-,16-/m0/s1. The van der Waals surface area contributed by atoms with Crippen LogP contribution in [0.2, 0.25) is 0 Å². The minimum Gasteiger partial charge on any atom is -0.310 e. The molecule has 0 aliphatic carbocycles. The van der Waals surface area contributed by atoms with Gasteiger partial charge in [-0.3, -0.25) is 9.59 Å². The Kier molecular flexibility index (Phi) is 8.98. The van der Waals surface area contributed by atoms with Crippen LogP contribution in [-0.4, -0.2) is 37.2 Å². The molecule has 21 heavy (non-hydrogen) atoms. The number of rotatable bonds is 10. The van der Waals surface area contributed by atoms with Gasteiger partial charge in [0.05, 0.1) is 12.1 Å². The number of hydrogen-bond acceptors (Lipinski definition) is 4. The minimum atomic E-state index is -0.158. The van der Waals surface area contributed by atoms with E-state index in [-0.39, 0.29) is 29.1 Å². The summed E-state index contributed by atoms with van der Waals surface area (Å²) in [5, 5.41) is 6.35. The molecule has 124 valence electrons. The number of ketones is 2. The summed E-state index contributed by atoms with van der Waals surface area (Å²) < 4.78 is 0. The van der Waals surface area contributed by atoms with E-state index in [0.29, 0.717) is 18.9 Å². The molecular weight excluding hydrogens is 264 g/mol. The Morgan fingerprint density at radius 2 is 1.76 bits per heavy atom. The lowest BCUT2D eigenvalue weighted by atomic mass is 9.86. The van der Waals surface area contributed by atoms with Crippen LogP contribution in [0, 0.1) is 11.3 Å². The van der Waals surface area contributed by atoms with Gasteiger partial charge in [0.15, 0.2) is 5.78 Å². The van der Waals surface area contributed by atoms with Crippen molar-refractivity contribution >= 4 is 11.6 Å². The fourth-order valence-corrected chi connectivity index (χ4v) is 2.50. The van der Waals surface area contributed by atoms with Crippen molar-refractivity contribution < 1.29 is 9.59 Å². The van der Waals surface area contributed by atoms with Gasteiger partial charge in [-0.1, -0.05) is 41.0 Å². The second kappa shape index (κ2) is 9.31. The molecule has 0 heterocycles. The number of carbonyl (C=O) groups is 2. The highest BCUT2D eigenvalue weighted by molar-refractivity contribution is 5.84. The van der Waals surface area contributed by atoms with Crippen molar-refractivity contribution in [2.45, 2.75) is 72.9 Å². The zero-order valence-corrected chi connectivity index (χ0v) is 14.9. The molecular formula is C17H34N2O2. The van der Waals surface area contributed by atoms with Gasteiger partial charge in [-0.25, -0.2) is 0 Å². The zero-order chi connectivity index (χ0) is 16.6. The Morgan fingerprint density at radius 1 is 1.19 bits per heavy atom. The van der Waals surface area contributed by atoms with E-state index in [1.807, 2.05) is 7.05 Å². The molecule has 0 aromatic carbocycles. The molecule has 4 heteroatoms. The second-order valence-electron chi connectivity index (χ2n) is 7.25. The van der Waals surface area contributed by atoms with Crippen LogP contribution in [0.1, 0.15) is 60.8 Å². The molecule has 0 amide bonds. The van der Waals surface area contributed by atoms with E-state index in [4.69, 9.17) is 0 Å². The van der Waals surface area contributed by atoms with Crippen molar-refractivity contribution in [3.8, 4) is 0 Å². The molecule has 0 rings (SSSR count). The Morgan fingerprint density at radius 3 is 2.14 bits per heavy atom. The zero-order valence-electron chi connectivity index (χ0n) is 14.9. The lowest BCUT2D eigenvalue weighted by Gasteiger charge is -2.26. The molecule has 0 saturated heterocycles. The predicted octanol–water partition coefficient (Wildman–Crippen LogP) is 2.56. The maximum absolute atomic E-state index is 12.2. The third-order valence-electron chi connectivity index (χ3n) is 3.94. The van der Waals surface area contributed by atoms with Crippen LogP contribution in [0.4, 0.5) is 0 Å². The van der Waals surface area contributed by atoms with E-state index in [9.17, 15) is 9.59 Å². The summed E-state index contributed by atoms with van der Waals surface area (Å²) in [6.45, 7) is 12.7. The quantitative estimate of drug-likeness (QED) is 0.651. The topological polar surface area (TPSA) is 58.2 Å². The minimum absolute atomic E-state index is 0.0878. The van der Waals surface area contributed by atoms with Gasteiger partial charge in [-0.15, -0.1) is 0 Å². The van der Waals surface area contributed by atoms with Crippen LogP contribution >= 0.6 is 0 Å². The SMILES string of the molecule is CCC(C)[C@H](NC)C(=O)CCN[C@@H](CC(C)(C)C)C(C)=O. The van der Waals surface area contributed by atoms with Crippen molar-refractivity contribution in [2.24, 2.45) is 11.3 Å². The van der Waals surface area contributed by atoms with Gasteiger partial charge in [0.25, 0.3) is 0 Å². The third kappa shape index (κ3) is 8.32. The van der Waals surface area contributed by atoms with Crippen LogP contribution in [0.25, 0.3) is 0 Å². The first kappa shape index (κ1) is 20.3. The summed E-state index contributed by atoms with van der Waals surface area (Å²) in [5.41, 5.74) is 0.0948. The third-order valence-corrected chi connectivity index (χ3v) is 3.94. The molecule has 0 spiro atoms. The Bertz CT molecular complexity index is 334. The summed E-state index contributed by atoms with van der Waals surface area (Å²) in [6, 6.07) is -0.246. The number of nitrogens with one attached hydrogen (secondary N) is 2. The van der Waals surface area contributed by atoms with Crippen LogP contribution < -0.4 is 10.6 Å². The van der Waals surface area contributed by atoms with Crippen LogP contribution in [0.15, 0.2) is 0 Å². The molecule has 0 aliphatic heterocycles. The molecule has 4 nitrogen and oxygen atoms in total. The number of hydrogen-bond donors (Lipinski definition) is 2. The highest BCUT2D eigenvalue weighted by atomic mass is 16.1. The molecule has 2 N–H and O–H groups in total. The van der Waals surface area contributed by atoms with Gasteiger partial charge in [-0.2, -0.15) is 0 Å². The van der Waals surface area contributed by atoms with Crippen molar-refractivity contribution in [3.05, 3.63) is 0 Å². The highest BCUT2D eigenvalue weighted by Gasteiger charge is 2.24. The van der Waals surface area contributed by atoms with E-state index in [2.05, 4.69) is 45.3 Å². The van der Waals surface area contributed by atoms with E-state index < -0.39 is 0 Å². The fraction of sp³-hybridized carbons (Fsp3) is 0.882. The van der Waals surface area contributed by atoms with Crippen LogP contribution in [0.5, 0.6) is 0 Å². The van der Waals surface area contributed by atoms with Crippen LogP contribution in [0.3, 0.4) is 0 Å². The molecule has 1 unspecified atom stereocenters. The monoisotopic (exact) mass is 298 g/mol. The van der Waals surface area contributed by atoms with Gasteiger partial charge < -0.3 is 10.6 Å². The van der Waals surface area contributed by atoms with Gasteiger partial charge in [0, 0.05) is 13.0 Å². The normalized spacial score (nSPS) is 16.3. The van der Waals surface area contributed by atoms with Crippen molar-refractivity contribution in [1.82, 2.24) is 10.6 Å². The van der Waals surface area contributed by atoms with Gasteiger partial charge >= 0.3 is 0 Å². The van der Waals surface area contributed by atoms with Crippen molar-refractivity contribution in [1.29, 1.82) is 0 Å². The predicted molar refractivity (Wildman–Crippen MR) is 88.5 cm³/mol. The van der Waals surface area contributed by atoms with E-state index >= 15 is 0 Å². The Labute approximate surface area is 130 Å². The smallest absolute Gasteiger partial charge is 0.151 e. The molecule has 0 aromatic heterocycles. The number of carbonyl (C=O) groups excluding carboxylic acids is 2. The summed E-state index contributed by atoms with van der Waals surface area (Å²) in [5.74, 6) is 0.697. The molecule has 0 saturated carbocycles. The van der Waals surface area contributed by atoms with E-state index in [1.165, 1.54) is 0 Å². The lowest BCUT2D eigenvalue weighted by Crippen LogP contribution is -2.43. The maximum atomic E-state index is 12.2. The highest BCUT2D eigenvalue weighted by Crippen LogP contribution is 2.21. The van der Waals surface area contributed by atoms with Gasteiger partial charge in [0.2, 0.25) is 0 Å². The summed E-state index contributed by atoms with van der Waals surface area (Å²) in [6.07, 6.45) is 2.23. The lowest BCUT2D eigenvalue weighted by molar-refractivity contribution is -0.123. The summed E-state index contributed by atoms with van der Waals surface area (Å²) in [4.78, 5) is 23.9. The van der Waals surface area contributed by atoms with Gasteiger partial charge in [-0.05, 0) is 31.7 Å². The summed E-state index contributed by atoms with van der Waals surface area (Å²) >= 11 is 0. The first-order chi connectivity index (χ1) is 9.62. The number of Topliss-reactive ketones (excluding diaryl/α,β-unsaturated/α-hetero) is 2. The first-order valence-corrected chi connectivity index (χ1v) is 8.06. The first-order valence-electron chi connectivity index (χ1n) is 8.06. The molecule has 0 radical (unpaired) electrons. The Balaban J connectivity index is 4.37. The second-order valence-corrected chi connectivity index (χ2v) is 7.25. The molecule has 0 fully saturated rings. The molecule has 3 atom stereocenters. The van der Waals surface area contributed by atoms with Gasteiger partial charge in [0.1, 0.15) is 5.78 Å². The van der Waals surface area contributed by atoms with E-state index in [1.54, 1.807) is 6.92 Å². The largest absolute Gasteiger partial charge is 0.310 e. The maximum Gasteiger partial charge on any atom is 0.151 e. The molecule has 0 aromatic rings. The van der Waals surface area contributed by atoms with Crippen molar-refractivity contribution in [3.63, 3.8) is 0 Å². The fourth-order valence-electron chi connectivity index (χ4n) is 2.50. The molecule has 0 aliphatic rings. The average Bonchev–Trinajstić information content (AvgIpc) is 2.36. The molecule has 0 bridgehead atoms.